The molecule has 0 unspecified atom stereocenters. The molecule has 1 aromatic rings. The third-order valence-electron chi connectivity index (χ3n) is 13.6. The molecule has 0 fully saturated rings. The highest BCUT2D eigenvalue weighted by Gasteiger charge is 2.30. The van der Waals surface area contributed by atoms with Gasteiger partial charge in [-0.25, -0.2) is 0 Å². The molecular weight excluding hydrogens is 901 g/mol. The largest absolute Gasteiger partial charge is 0.322 e. The van der Waals surface area contributed by atoms with Crippen LogP contribution >= 0.6 is 0 Å². The van der Waals surface area contributed by atoms with Gasteiger partial charge in [-0.15, -0.1) is 0 Å². The molecule has 414 valence electrons. The highest BCUT2D eigenvalue weighted by molar-refractivity contribution is 6.22. The zero-order chi connectivity index (χ0) is 52.9. The Morgan fingerprint density at radius 3 is 0.431 bits per heavy atom. The zero-order valence-corrected chi connectivity index (χ0v) is 47.1. The maximum Gasteiger partial charge on any atom is 0.224 e. The van der Waals surface area contributed by atoms with Crippen LogP contribution in [0.3, 0.4) is 0 Å². The molecule has 0 aliphatic carbocycles. The molecule has 0 saturated heterocycles. The van der Waals surface area contributed by atoms with Crippen molar-refractivity contribution in [2.75, 3.05) is 31.9 Å². The number of unbranched alkanes of at least 4 members (excludes halogenated alkanes) is 30. The van der Waals surface area contributed by atoms with Gasteiger partial charge in [-0.05, 0) is 38.5 Å². The first-order valence-electron chi connectivity index (χ1n) is 30.1. The first kappa shape index (κ1) is 66.1. The van der Waals surface area contributed by atoms with E-state index in [1.807, 2.05) is 0 Å². The van der Waals surface area contributed by atoms with Gasteiger partial charge in [0.05, 0.1) is 34.1 Å². The summed E-state index contributed by atoms with van der Waals surface area (Å²) in [5.74, 6) is -1.93. The Labute approximate surface area is 439 Å². The third-order valence-corrected chi connectivity index (χ3v) is 13.6. The van der Waals surface area contributed by atoms with Crippen LogP contribution in [0.2, 0.25) is 0 Å². The Morgan fingerprint density at radius 2 is 0.306 bits per heavy atom. The Hall–Kier alpha value is -3.96. The molecule has 0 aromatic heterocycles. The lowest BCUT2D eigenvalue weighted by Crippen LogP contribution is -2.26. The first-order chi connectivity index (χ1) is 35.1. The van der Waals surface area contributed by atoms with E-state index in [0.29, 0.717) is 38.5 Å². The van der Waals surface area contributed by atoms with Gasteiger partial charge in [0, 0.05) is 38.5 Å². The van der Waals surface area contributed by atoms with Crippen molar-refractivity contribution in [3.63, 3.8) is 0 Å². The molecule has 72 heavy (non-hydrogen) atoms. The molecule has 0 heterocycles. The Bertz CT molecular complexity index is 1310. The summed E-state index contributed by atoms with van der Waals surface area (Å²) in [5.41, 5.74) is 0.485. The molecule has 1 aromatic carbocycles. The molecule has 12 nitrogen and oxygen atoms in total. The van der Waals surface area contributed by atoms with E-state index in [-0.39, 0.29) is 108 Å². The summed E-state index contributed by atoms with van der Waals surface area (Å²) < 4.78 is 0. The summed E-state index contributed by atoms with van der Waals surface area (Å²) in [7, 11) is 0. The number of anilines is 6. The van der Waals surface area contributed by atoms with Gasteiger partial charge in [0.1, 0.15) is 0 Å². The van der Waals surface area contributed by atoms with Crippen LogP contribution in [0.15, 0.2) is 0 Å². The van der Waals surface area contributed by atoms with E-state index in [4.69, 9.17) is 0 Å². The van der Waals surface area contributed by atoms with Crippen molar-refractivity contribution >= 4 is 69.6 Å². The quantitative estimate of drug-likeness (QED) is 0.0354. The Kier molecular flexibility index (Phi) is 41.9. The van der Waals surface area contributed by atoms with Crippen LogP contribution in [0, 0.1) is 0 Å². The lowest BCUT2D eigenvalue weighted by molar-refractivity contribution is -0.117. The predicted octanol–water partition coefficient (Wildman–Crippen LogP) is 17.8. The SMILES string of the molecule is CCCCCCCCC(=O)Nc1c(NC(=O)CCCCCCCC)c(NC(=O)CCCCCCCC)c(NC(=O)CCCCCCCC)c(NC(=O)CCCCCCCC)c1NC(=O)CCCCCCCC. The van der Waals surface area contributed by atoms with Gasteiger partial charge in [0.15, 0.2) is 0 Å². The lowest BCUT2D eigenvalue weighted by Gasteiger charge is -2.28. The van der Waals surface area contributed by atoms with Gasteiger partial charge in [0.25, 0.3) is 0 Å². The molecule has 0 radical (unpaired) electrons. The van der Waals surface area contributed by atoms with Gasteiger partial charge in [0.2, 0.25) is 35.4 Å². The van der Waals surface area contributed by atoms with Crippen LogP contribution < -0.4 is 31.9 Å². The minimum absolute atomic E-state index is 0.0808. The first-order valence-corrected chi connectivity index (χ1v) is 30.1. The van der Waals surface area contributed by atoms with Crippen molar-refractivity contribution < 1.29 is 28.8 Å². The van der Waals surface area contributed by atoms with E-state index in [2.05, 4.69) is 73.4 Å². The van der Waals surface area contributed by atoms with Crippen molar-refractivity contribution in [2.45, 2.75) is 311 Å². The fraction of sp³-hybridized carbons (Fsp3) is 0.800. The Balaban J connectivity index is 4.21. The van der Waals surface area contributed by atoms with Crippen LogP contribution in [0.5, 0.6) is 0 Å². The van der Waals surface area contributed by atoms with Gasteiger partial charge in [-0.2, -0.15) is 0 Å². The number of amides is 6. The molecule has 0 bridgehead atoms. The summed E-state index contributed by atoms with van der Waals surface area (Å²) >= 11 is 0. The number of hydrogen-bond acceptors (Lipinski definition) is 6. The average molecular weight is 1010 g/mol. The normalized spacial score (nSPS) is 11.1. The monoisotopic (exact) mass is 1010 g/mol. The molecule has 0 aliphatic rings. The van der Waals surface area contributed by atoms with Crippen LogP contribution in [0.25, 0.3) is 0 Å². The van der Waals surface area contributed by atoms with Crippen LogP contribution in [-0.2, 0) is 28.8 Å². The molecule has 6 amide bonds. The average Bonchev–Trinajstić information content (AvgIpc) is 3.36. The van der Waals surface area contributed by atoms with Crippen molar-refractivity contribution in [2.24, 2.45) is 0 Å². The van der Waals surface area contributed by atoms with Crippen LogP contribution in [0.4, 0.5) is 34.1 Å². The van der Waals surface area contributed by atoms with E-state index >= 15 is 0 Å². The predicted molar refractivity (Wildman–Crippen MR) is 306 cm³/mol. The standard InChI is InChI=1S/C60H108N6O6/c1-7-13-19-25-31-37-43-49(67)61-55-56(62-50(68)44-38-32-26-20-14-8-2)58(64-52(70)46-40-34-28-22-16-10-4)60(66-54(72)48-42-36-30-24-18-12-6)59(65-53(71)47-41-35-29-23-17-11-5)57(55)63-51(69)45-39-33-27-21-15-9-3/h7-48H2,1-6H3,(H,61,67)(H,62,68)(H,63,69)(H,64,70)(H,65,71)(H,66,72). The van der Waals surface area contributed by atoms with Crippen LogP contribution in [-0.4, -0.2) is 35.4 Å². The summed E-state index contributed by atoms with van der Waals surface area (Å²) in [6.07, 6.45) is 36.4. The molecule has 12 heteroatoms. The lowest BCUT2D eigenvalue weighted by atomic mass is 10.0. The van der Waals surface area contributed by atoms with E-state index in [1.165, 1.54) is 0 Å². The molecule has 0 spiro atoms. The van der Waals surface area contributed by atoms with Gasteiger partial charge >= 0.3 is 0 Å². The number of hydrogen-bond donors (Lipinski definition) is 6. The maximum atomic E-state index is 14.2. The second kappa shape index (κ2) is 45.6. The van der Waals surface area contributed by atoms with E-state index < -0.39 is 0 Å². The second-order valence-electron chi connectivity index (χ2n) is 20.6. The van der Waals surface area contributed by atoms with Crippen molar-refractivity contribution in [3.05, 3.63) is 0 Å². The number of rotatable bonds is 48. The minimum Gasteiger partial charge on any atom is -0.322 e. The molecule has 6 N–H and O–H groups in total. The molecule has 1 rings (SSSR count). The van der Waals surface area contributed by atoms with Gasteiger partial charge < -0.3 is 31.9 Å². The number of carbonyl (C=O) groups excluding carboxylic acids is 6. The molecule has 0 saturated carbocycles. The highest BCUT2D eigenvalue weighted by atomic mass is 16.2. The van der Waals surface area contributed by atoms with Crippen molar-refractivity contribution in [1.29, 1.82) is 0 Å². The Morgan fingerprint density at radius 1 is 0.194 bits per heavy atom. The highest BCUT2D eigenvalue weighted by Crippen LogP contribution is 2.51. The maximum absolute atomic E-state index is 14.2. The fourth-order valence-electron chi connectivity index (χ4n) is 9.11. The van der Waals surface area contributed by atoms with Crippen molar-refractivity contribution in [3.8, 4) is 0 Å². The van der Waals surface area contributed by atoms with Gasteiger partial charge in [-0.3, -0.25) is 28.8 Å². The fourth-order valence-corrected chi connectivity index (χ4v) is 9.11. The number of nitrogens with one attached hydrogen (secondary N) is 6. The third kappa shape index (κ3) is 33.0. The minimum atomic E-state index is -0.322. The van der Waals surface area contributed by atoms with Crippen molar-refractivity contribution in [1.82, 2.24) is 0 Å². The number of benzene rings is 1. The van der Waals surface area contributed by atoms with Crippen LogP contribution in [0.1, 0.15) is 311 Å². The number of carbonyl (C=O) groups is 6. The zero-order valence-electron chi connectivity index (χ0n) is 47.1. The molecule has 0 atom stereocenters. The van der Waals surface area contributed by atoms with E-state index in [0.717, 1.165) is 193 Å². The summed E-state index contributed by atoms with van der Waals surface area (Å²) in [6, 6.07) is 0. The summed E-state index contributed by atoms with van der Waals surface area (Å²) in [4.78, 5) is 85.4. The molecular formula is C60H108N6O6. The smallest absolute Gasteiger partial charge is 0.224 e. The topological polar surface area (TPSA) is 175 Å². The summed E-state index contributed by atoms with van der Waals surface area (Å²) in [6.45, 7) is 13.0. The van der Waals surface area contributed by atoms with E-state index in [1.54, 1.807) is 0 Å². The summed E-state index contributed by atoms with van der Waals surface area (Å²) in [5, 5.41) is 18.6. The van der Waals surface area contributed by atoms with E-state index in [9.17, 15) is 28.8 Å². The second-order valence-corrected chi connectivity index (χ2v) is 20.6. The molecule has 0 aliphatic heterocycles. The van der Waals surface area contributed by atoms with Gasteiger partial charge in [-0.1, -0.05) is 234 Å².